The Labute approximate surface area is 117 Å². The molecule has 3 N–H and O–H groups in total. The van der Waals surface area contributed by atoms with Crippen LogP contribution in [0.15, 0.2) is 36.4 Å². The number of benzene rings is 1. The fourth-order valence-electron chi connectivity index (χ4n) is 1.76. The van der Waals surface area contributed by atoms with Crippen molar-refractivity contribution in [2.75, 3.05) is 5.73 Å². The molecule has 19 heavy (non-hydrogen) atoms. The minimum absolute atomic E-state index is 0.107. The lowest BCUT2D eigenvalue weighted by atomic mass is 10.1. The number of carbonyl (C=O) groups is 1. The second-order valence-corrected chi connectivity index (χ2v) is 5.87. The summed E-state index contributed by atoms with van der Waals surface area (Å²) in [6.07, 6.45) is 0. The molecule has 0 aliphatic rings. The molecule has 4 heteroatoms. The molecular weight excluding hydrogens is 256 g/mol. The topological polar surface area (TPSA) is 55.1 Å². The largest absolute Gasteiger partial charge is 0.390 e. The van der Waals surface area contributed by atoms with E-state index in [-0.39, 0.29) is 5.91 Å². The number of nitrogen functional groups attached to an aromatic ring is 1. The van der Waals surface area contributed by atoms with E-state index in [0.717, 1.165) is 10.4 Å². The average Bonchev–Trinajstić information content (AvgIpc) is 2.80. The second-order valence-electron chi connectivity index (χ2n) is 4.75. The maximum atomic E-state index is 12.1. The third-order valence-electron chi connectivity index (χ3n) is 2.89. The highest BCUT2D eigenvalue weighted by molar-refractivity contribution is 7.16. The lowest BCUT2D eigenvalue weighted by Gasteiger charge is -2.04. The van der Waals surface area contributed by atoms with Crippen LogP contribution >= 0.6 is 11.3 Å². The molecule has 0 atom stereocenters. The lowest BCUT2D eigenvalue weighted by molar-refractivity contribution is 0.0952. The van der Waals surface area contributed by atoms with Gasteiger partial charge in [0.05, 0.1) is 10.6 Å². The molecule has 0 unspecified atom stereocenters. The van der Waals surface area contributed by atoms with Crippen LogP contribution in [0.1, 0.15) is 40.6 Å². The number of rotatable bonds is 4. The van der Waals surface area contributed by atoms with E-state index in [1.54, 1.807) is 0 Å². The van der Waals surface area contributed by atoms with E-state index in [9.17, 15) is 4.79 Å². The minimum atomic E-state index is -0.107. The molecule has 0 spiro atoms. The fourth-order valence-corrected chi connectivity index (χ4v) is 2.69. The highest BCUT2D eigenvalue weighted by atomic mass is 32.1. The Morgan fingerprint density at radius 3 is 2.58 bits per heavy atom. The molecule has 1 aromatic heterocycles. The van der Waals surface area contributed by atoms with Crippen molar-refractivity contribution in [3.05, 3.63) is 52.4 Å². The number of nitrogens with one attached hydrogen (secondary N) is 1. The lowest BCUT2D eigenvalue weighted by Crippen LogP contribution is -2.23. The van der Waals surface area contributed by atoms with Crippen molar-refractivity contribution in [2.24, 2.45) is 0 Å². The first kappa shape index (κ1) is 13.6. The maximum absolute atomic E-state index is 12.1. The first-order chi connectivity index (χ1) is 9.08. The molecule has 1 amide bonds. The zero-order chi connectivity index (χ0) is 13.8. The molecule has 0 fully saturated rings. The van der Waals surface area contributed by atoms with Gasteiger partial charge in [-0.2, -0.15) is 0 Å². The number of hydrogen-bond acceptors (Lipinski definition) is 3. The van der Waals surface area contributed by atoms with Crippen LogP contribution in [0.4, 0.5) is 5.00 Å². The standard InChI is InChI=1S/C15H18N2OS/c1-10(2)13-8-12(14(16)19-13)15(18)17-9-11-6-4-3-5-7-11/h3-8,10H,9,16H2,1-2H3,(H,17,18). The van der Waals surface area contributed by atoms with Gasteiger partial charge >= 0.3 is 0 Å². The van der Waals surface area contributed by atoms with E-state index in [1.165, 1.54) is 11.3 Å². The van der Waals surface area contributed by atoms with Gasteiger partial charge in [0.1, 0.15) is 0 Å². The third kappa shape index (κ3) is 3.35. The first-order valence-electron chi connectivity index (χ1n) is 6.29. The molecule has 0 aliphatic carbocycles. The van der Waals surface area contributed by atoms with E-state index < -0.39 is 0 Å². The monoisotopic (exact) mass is 274 g/mol. The highest BCUT2D eigenvalue weighted by Gasteiger charge is 2.15. The Morgan fingerprint density at radius 1 is 1.32 bits per heavy atom. The van der Waals surface area contributed by atoms with Gasteiger partial charge in [-0.3, -0.25) is 4.79 Å². The summed E-state index contributed by atoms with van der Waals surface area (Å²) in [4.78, 5) is 13.2. The van der Waals surface area contributed by atoms with Gasteiger partial charge in [-0.1, -0.05) is 44.2 Å². The molecule has 1 heterocycles. The summed E-state index contributed by atoms with van der Waals surface area (Å²) in [5, 5.41) is 3.49. The van der Waals surface area contributed by atoms with Crippen molar-refractivity contribution in [1.29, 1.82) is 0 Å². The number of carbonyl (C=O) groups excluding carboxylic acids is 1. The van der Waals surface area contributed by atoms with Crippen LogP contribution in [-0.4, -0.2) is 5.91 Å². The zero-order valence-corrected chi connectivity index (χ0v) is 12.0. The molecule has 2 aromatic rings. The molecule has 0 saturated carbocycles. The van der Waals surface area contributed by atoms with Crippen LogP contribution < -0.4 is 11.1 Å². The average molecular weight is 274 g/mol. The van der Waals surface area contributed by atoms with Gasteiger partial charge in [0.25, 0.3) is 5.91 Å². The van der Waals surface area contributed by atoms with E-state index in [1.807, 2.05) is 36.4 Å². The predicted molar refractivity (Wildman–Crippen MR) is 80.4 cm³/mol. The molecule has 100 valence electrons. The number of hydrogen-bond donors (Lipinski definition) is 2. The van der Waals surface area contributed by atoms with Gasteiger partial charge in [0, 0.05) is 11.4 Å². The van der Waals surface area contributed by atoms with E-state index >= 15 is 0 Å². The highest BCUT2D eigenvalue weighted by Crippen LogP contribution is 2.30. The van der Waals surface area contributed by atoms with Crippen molar-refractivity contribution in [3.63, 3.8) is 0 Å². The van der Waals surface area contributed by atoms with Crippen LogP contribution in [0.3, 0.4) is 0 Å². The van der Waals surface area contributed by atoms with Gasteiger partial charge in [0.2, 0.25) is 0 Å². The van der Waals surface area contributed by atoms with Gasteiger partial charge in [-0.15, -0.1) is 11.3 Å². The Bertz CT molecular complexity index is 561. The van der Waals surface area contributed by atoms with Crippen molar-refractivity contribution in [1.82, 2.24) is 5.32 Å². The van der Waals surface area contributed by atoms with E-state index in [4.69, 9.17) is 5.73 Å². The predicted octanol–water partition coefficient (Wildman–Crippen LogP) is 3.38. The fraction of sp³-hybridized carbons (Fsp3) is 0.267. The number of thiophene rings is 1. The van der Waals surface area contributed by atoms with Crippen LogP contribution in [0.25, 0.3) is 0 Å². The van der Waals surface area contributed by atoms with Crippen LogP contribution in [0, 0.1) is 0 Å². The summed E-state index contributed by atoms with van der Waals surface area (Å²) < 4.78 is 0. The summed E-state index contributed by atoms with van der Waals surface area (Å²) in [5.41, 5.74) is 7.57. The molecule has 0 bridgehead atoms. The zero-order valence-electron chi connectivity index (χ0n) is 11.1. The molecule has 0 radical (unpaired) electrons. The normalized spacial score (nSPS) is 10.7. The van der Waals surface area contributed by atoms with E-state index in [0.29, 0.717) is 23.0 Å². The summed E-state index contributed by atoms with van der Waals surface area (Å²) in [5.74, 6) is 0.285. The SMILES string of the molecule is CC(C)c1cc(C(=O)NCc2ccccc2)c(N)s1. The van der Waals surface area contributed by atoms with Crippen LogP contribution in [0.5, 0.6) is 0 Å². The summed E-state index contributed by atoms with van der Waals surface area (Å²) in [7, 11) is 0. The first-order valence-corrected chi connectivity index (χ1v) is 7.11. The minimum Gasteiger partial charge on any atom is -0.390 e. The summed E-state index contributed by atoms with van der Waals surface area (Å²) >= 11 is 1.49. The molecule has 1 aromatic carbocycles. The van der Waals surface area contributed by atoms with Crippen molar-refractivity contribution in [2.45, 2.75) is 26.3 Å². The summed E-state index contributed by atoms with van der Waals surface area (Å²) in [6.45, 7) is 4.71. The Hall–Kier alpha value is -1.81. The molecule has 2 rings (SSSR count). The third-order valence-corrected chi connectivity index (χ3v) is 4.15. The van der Waals surface area contributed by atoms with Gasteiger partial charge in [-0.05, 0) is 17.5 Å². The van der Waals surface area contributed by atoms with E-state index in [2.05, 4.69) is 19.2 Å². The molecule has 3 nitrogen and oxygen atoms in total. The Balaban J connectivity index is 2.04. The Kier molecular flexibility index (Phi) is 4.22. The van der Waals surface area contributed by atoms with Crippen molar-refractivity contribution >= 4 is 22.2 Å². The number of anilines is 1. The maximum Gasteiger partial charge on any atom is 0.254 e. The quantitative estimate of drug-likeness (QED) is 0.898. The Morgan fingerprint density at radius 2 is 2.00 bits per heavy atom. The molecule has 0 saturated heterocycles. The second kappa shape index (κ2) is 5.89. The van der Waals surface area contributed by atoms with Gasteiger partial charge in [-0.25, -0.2) is 0 Å². The number of amides is 1. The van der Waals surface area contributed by atoms with Crippen molar-refractivity contribution < 1.29 is 4.79 Å². The van der Waals surface area contributed by atoms with Crippen molar-refractivity contribution in [3.8, 4) is 0 Å². The van der Waals surface area contributed by atoms with Crippen LogP contribution in [0.2, 0.25) is 0 Å². The smallest absolute Gasteiger partial charge is 0.254 e. The molecule has 0 aliphatic heterocycles. The van der Waals surface area contributed by atoms with Crippen LogP contribution in [-0.2, 0) is 6.54 Å². The van der Waals surface area contributed by atoms with Gasteiger partial charge in [0.15, 0.2) is 0 Å². The summed E-state index contributed by atoms with van der Waals surface area (Å²) in [6, 6.07) is 11.7. The molecular formula is C15H18N2OS. The van der Waals surface area contributed by atoms with Gasteiger partial charge < -0.3 is 11.1 Å². The number of nitrogens with two attached hydrogens (primary N) is 1.